The maximum absolute atomic E-state index is 13.1. The van der Waals surface area contributed by atoms with Crippen molar-refractivity contribution in [1.82, 2.24) is 4.67 Å². The van der Waals surface area contributed by atoms with Crippen LogP contribution in [-0.4, -0.2) is 55.0 Å². The number of allylic oxidation sites excluding steroid dienone is 3. The van der Waals surface area contributed by atoms with E-state index in [-0.39, 0.29) is 6.10 Å². The minimum atomic E-state index is -2.89. The number of hydrogen-bond acceptors (Lipinski definition) is 3. The lowest BCUT2D eigenvalue weighted by atomic mass is 10.1. The van der Waals surface area contributed by atoms with Crippen LogP contribution < -0.4 is 0 Å². The van der Waals surface area contributed by atoms with Gasteiger partial charge in [0.1, 0.15) is 0 Å². The molecule has 0 spiro atoms. The van der Waals surface area contributed by atoms with Crippen molar-refractivity contribution in [3.8, 4) is 0 Å². The fraction of sp³-hybridized carbons (Fsp3) is 0.778. The molecule has 0 amide bonds. The van der Waals surface area contributed by atoms with Crippen molar-refractivity contribution in [2.45, 2.75) is 46.1 Å². The Morgan fingerprint density at radius 2 is 1.92 bits per heavy atom. The molecule has 1 saturated heterocycles. The van der Waals surface area contributed by atoms with Gasteiger partial charge in [0.15, 0.2) is 0 Å². The van der Waals surface area contributed by atoms with Crippen molar-refractivity contribution in [2.24, 2.45) is 0 Å². The molecule has 146 valence electrons. The molecule has 2 unspecified atom stereocenters. The highest BCUT2D eigenvalue weighted by molar-refractivity contribution is 7.56. The Hall–Kier alpha value is 0.170. The van der Waals surface area contributed by atoms with Gasteiger partial charge in [0.2, 0.25) is 0 Å². The summed E-state index contributed by atoms with van der Waals surface area (Å²) in [5.74, 6) is 0.812. The number of hydrogen-bond donors (Lipinski definition) is 0. The number of alkyl halides is 2. The minimum absolute atomic E-state index is 0.0467. The van der Waals surface area contributed by atoms with Gasteiger partial charge in [0.25, 0.3) is 7.52 Å². The van der Waals surface area contributed by atoms with Crippen LogP contribution in [0.2, 0.25) is 0 Å². The summed E-state index contributed by atoms with van der Waals surface area (Å²) in [6.07, 6.45) is 7.59. The van der Waals surface area contributed by atoms with Crippen LogP contribution in [-0.2, 0) is 13.8 Å². The number of halogens is 2. The monoisotopic (exact) mass is 411 g/mol. The van der Waals surface area contributed by atoms with Crippen molar-refractivity contribution in [3.05, 3.63) is 23.3 Å². The number of ether oxygens (including phenoxy) is 1. The maximum atomic E-state index is 13.1. The second kappa shape index (κ2) is 12.5. The SMILES string of the molecule is CC(C)=CCC/C(C)=C/COC1CCOP(=O)(N(CCCl)CCCl)C1. The van der Waals surface area contributed by atoms with Gasteiger partial charge < -0.3 is 9.26 Å². The van der Waals surface area contributed by atoms with Gasteiger partial charge in [0.05, 0.1) is 25.5 Å². The minimum Gasteiger partial charge on any atom is -0.373 e. The molecule has 7 heteroatoms. The molecule has 0 aromatic heterocycles. The Bertz CT molecular complexity index is 487. The highest BCUT2D eigenvalue weighted by atomic mass is 35.5. The second-order valence-corrected chi connectivity index (χ2v) is 9.82. The first kappa shape index (κ1) is 23.2. The third-order valence-electron chi connectivity index (χ3n) is 4.14. The molecule has 1 rings (SSSR count). The summed E-state index contributed by atoms with van der Waals surface area (Å²) in [7, 11) is -2.89. The Morgan fingerprint density at radius 1 is 1.24 bits per heavy atom. The zero-order valence-corrected chi connectivity index (χ0v) is 18.1. The first-order chi connectivity index (χ1) is 11.9. The molecule has 25 heavy (non-hydrogen) atoms. The van der Waals surface area contributed by atoms with Crippen LogP contribution in [0.25, 0.3) is 0 Å². The third kappa shape index (κ3) is 9.08. The molecule has 1 aliphatic heterocycles. The third-order valence-corrected chi connectivity index (χ3v) is 7.19. The Morgan fingerprint density at radius 3 is 2.52 bits per heavy atom. The molecule has 2 atom stereocenters. The van der Waals surface area contributed by atoms with E-state index in [0.717, 1.165) is 19.3 Å². The second-order valence-electron chi connectivity index (χ2n) is 6.60. The van der Waals surface area contributed by atoms with E-state index in [1.54, 1.807) is 4.67 Å². The Balaban J connectivity index is 2.49. The van der Waals surface area contributed by atoms with E-state index in [1.807, 2.05) is 0 Å². The van der Waals surface area contributed by atoms with Crippen LogP contribution in [0.1, 0.15) is 40.0 Å². The molecule has 0 bridgehead atoms. The molecule has 1 heterocycles. The lowest BCUT2D eigenvalue weighted by molar-refractivity contribution is 0.0529. The quantitative estimate of drug-likeness (QED) is 0.257. The molecule has 0 aliphatic carbocycles. The number of nitrogens with zero attached hydrogens (tertiary/aromatic N) is 1. The van der Waals surface area contributed by atoms with E-state index in [2.05, 4.69) is 32.9 Å². The van der Waals surface area contributed by atoms with Crippen molar-refractivity contribution >= 4 is 30.7 Å². The fourth-order valence-electron chi connectivity index (χ4n) is 2.69. The molecule has 0 radical (unpaired) electrons. The summed E-state index contributed by atoms with van der Waals surface area (Å²) in [6.45, 7) is 8.39. The zero-order valence-electron chi connectivity index (χ0n) is 15.7. The van der Waals surface area contributed by atoms with E-state index in [0.29, 0.717) is 44.2 Å². The first-order valence-electron chi connectivity index (χ1n) is 8.93. The fourth-order valence-corrected chi connectivity index (χ4v) is 5.84. The van der Waals surface area contributed by atoms with E-state index in [9.17, 15) is 4.57 Å². The largest absolute Gasteiger partial charge is 0.373 e. The summed E-state index contributed by atoms with van der Waals surface area (Å²) >= 11 is 11.6. The summed E-state index contributed by atoms with van der Waals surface area (Å²) in [4.78, 5) is 0. The molecule has 0 aromatic carbocycles. The zero-order chi connectivity index (χ0) is 18.7. The average molecular weight is 412 g/mol. The average Bonchev–Trinajstić information content (AvgIpc) is 2.54. The molecule has 1 fully saturated rings. The molecule has 4 nitrogen and oxygen atoms in total. The summed E-state index contributed by atoms with van der Waals surface area (Å²) in [5, 5.41) is 0. The molecular formula is C18H32Cl2NO3P. The highest BCUT2D eigenvalue weighted by Crippen LogP contribution is 2.54. The van der Waals surface area contributed by atoms with Gasteiger partial charge in [-0.25, -0.2) is 4.67 Å². The van der Waals surface area contributed by atoms with Crippen molar-refractivity contribution in [3.63, 3.8) is 0 Å². The van der Waals surface area contributed by atoms with Crippen molar-refractivity contribution in [1.29, 1.82) is 0 Å². The molecule has 0 saturated carbocycles. The lowest BCUT2D eigenvalue weighted by Crippen LogP contribution is -2.35. The maximum Gasteiger partial charge on any atom is 0.275 e. The van der Waals surface area contributed by atoms with E-state index >= 15 is 0 Å². The van der Waals surface area contributed by atoms with Gasteiger partial charge in [-0.3, -0.25) is 4.57 Å². The van der Waals surface area contributed by atoms with Crippen LogP contribution in [0.5, 0.6) is 0 Å². The molecule has 0 aromatic rings. The van der Waals surface area contributed by atoms with Gasteiger partial charge in [-0.15, -0.1) is 23.2 Å². The standard InChI is InChI=1S/C18H32Cl2NO3P/c1-16(2)5-4-6-17(3)7-13-23-18-8-14-24-25(22,15-18)21(11-9-19)12-10-20/h5,7,18H,4,6,8-15H2,1-3H3/b17-7+. The first-order valence-corrected chi connectivity index (χ1v) is 11.8. The summed E-state index contributed by atoms with van der Waals surface area (Å²) < 4.78 is 26.5. The van der Waals surface area contributed by atoms with Crippen LogP contribution in [0.15, 0.2) is 23.3 Å². The van der Waals surface area contributed by atoms with Crippen molar-refractivity contribution < 1.29 is 13.8 Å². The highest BCUT2D eigenvalue weighted by Gasteiger charge is 2.37. The Kier molecular flexibility index (Phi) is 11.6. The lowest BCUT2D eigenvalue weighted by Gasteiger charge is -2.36. The predicted molar refractivity (Wildman–Crippen MR) is 108 cm³/mol. The van der Waals surface area contributed by atoms with E-state index in [4.69, 9.17) is 32.5 Å². The van der Waals surface area contributed by atoms with Gasteiger partial charge >= 0.3 is 0 Å². The van der Waals surface area contributed by atoms with Gasteiger partial charge in [-0.05, 0) is 40.0 Å². The van der Waals surface area contributed by atoms with Gasteiger partial charge in [-0.1, -0.05) is 23.3 Å². The van der Waals surface area contributed by atoms with Gasteiger partial charge in [0, 0.05) is 24.8 Å². The van der Waals surface area contributed by atoms with E-state index < -0.39 is 7.52 Å². The Labute approximate surface area is 163 Å². The van der Waals surface area contributed by atoms with Crippen LogP contribution in [0.4, 0.5) is 0 Å². The molecule has 1 aliphatic rings. The van der Waals surface area contributed by atoms with Gasteiger partial charge in [-0.2, -0.15) is 0 Å². The predicted octanol–water partition coefficient (Wildman–Crippen LogP) is 5.46. The van der Waals surface area contributed by atoms with Crippen molar-refractivity contribution in [2.75, 3.05) is 44.2 Å². The van der Waals surface area contributed by atoms with Crippen LogP contribution in [0.3, 0.4) is 0 Å². The molecule has 0 N–H and O–H groups in total. The molecular weight excluding hydrogens is 380 g/mol. The van der Waals surface area contributed by atoms with Crippen LogP contribution >= 0.6 is 30.7 Å². The van der Waals surface area contributed by atoms with E-state index in [1.165, 1.54) is 11.1 Å². The topological polar surface area (TPSA) is 38.8 Å². The normalized spacial score (nSPS) is 24.6. The smallest absolute Gasteiger partial charge is 0.275 e. The summed E-state index contributed by atoms with van der Waals surface area (Å²) in [5.41, 5.74) is 2.67. The van der Waals surface area contributed by atoms with Crippen LogP contribution in [0, 0.1) is 0 Å². The summed E-state index contributed by atoms with van der Waals surface area (Å²) in [6, 6.07) is 0. The number of rotatable bonds is 11.